The summed E-state index contributed by atoms with van der Waals surface area (Å²) in [7, 11) is -4.04. The number of carbonyl (C=O) groups excluding carboxylic acids is 1. The van der Waals surface area contributed by atoms with Crippen molar-refractivity contribution in [2.24, 2.45) is 0 Å². The number of benzene rings is 3. The number of ether oxygens (including phenoxy) is 1. The first-order valence-electron chi connectivity index (χ1n) is 11.6. The van der Waals surface area contributed by atoms with Crippen LogP contribution in [0.25, 0.3) is 0 Å². The van der Waals surface area contributed by atoms with Crippen LogP contribution >= 0.6 is 0 Å². The number of hydrogen-bond donors (Lipinski definition) is 1. The molecule has 1 amide bonds. The molecule has 0 aliphatic carbocycles. The summed E-state index contributed by atoms with van der Waals surface area (Å²) in [6.45, 7) is 5.52. The normalized spacial score (nSPS) is 16.1. The number of nitrogens with zero attached hydrogens (tertiary/aromatic N) is 1. The average Bonchev–Trinajstić information content (AvgIpc) is 2.86. The zero-order valence-electron chi connectivity index (χ0n) is 20.5. The molecule has 6 nitrogen and oxygen atoms in total. The Balaban J connectivity index is 1.63. The molecule has 0 fully saturated rings. The molecule has 0 spiro atoms. The minimum absolute atomic E-state index is 0.0622. The first kappa shape index (κ1) is 26.5. The molecule has 0 radical (unpaired) electrons. The average molecular weight is 533 g/mol. The molecule has 37 heavy (non-hydrogen) atoms. The quantitative estimate of drug-likeness (QED) is 0.486. The molecule has 0 saturated heterocycles. The monoisotopic (exact) mass is 532 g/mol. The van der Waals surface area contributed by atoms with Crippen molar-refractivity contribution in [2.75, 3.05) is 10.8 Å². The van der Waals surface area contributed by atoms with Crippen molar-refractivity contribution in [1.29, 1.82) is 0 Å². The van der Waals surface area contributed by atoms with E-state index < -0.39 is 33.8 Å². The zero-order valence-corrected chi connectivity index (χ0v) is 21.4. The molecule has 1 aliphatic heterocycles. The molecule has 0 saturated carbocycles. The van der Waals surface area contributed by atoms with Gasteiger partial charge < -0.3 is 10.1 Å². The molecular formula is C27H27F3N2O4S. The molecule has 3 aromatic carbocycles. The number of nitrogens with one attached hydrogen (secondary N) is 1. The van der Waals surface area contributed by atoms with Crippen LogP contribution < -0.4 is 14.4 Å². The predicted octanol–water partition coefficient (Wildman–Crippen LogP) is 5.28. The van der Waals surface area contributed by atoms with E-state index in [1.54, 1.807) is 30.3 Å². The van der Waals surface area contributed by atoms with Crippen LogP contribution in [0.3, 0.4) is 0 Å². The van der Waals surface area contributed by atoms with E-state index in [1.807, 2.05) is 26.8 Å². The van der Waals surface area contributed by atoms with Crippen LogP contribution in [0, 0.1) is 0 Å². The van der Waals surface area contributed by atoms with Crippen molar-refractivity contribution in [3.63, 3.8) is 0 Å². The van der Waals surface area contributed by atoms with Gasteiger partial charge in [-0.05, 0) is 52.9 Å². The third-order valence-electron chi connectivity index (χ3n) is 6.04. The fourth-order valence-corrected chi connectivity index (χ4v) is 5.45. The Bertz CT molecular complexity index is 1400. The van der Waals surface area contributed by atoms with Gasteiger partial charge in [-0.25, -0.2) is 8.42 Å². The largest absolute Gasteiger partial charge is 0.476 e. The number of anilines is 1. The Morgan fingerprint density at radius 1 is 0.973 bits per heavy atom. The van der Waals surface area contributed by atoms with Gasteiger partial charge in [-0.2, -0.15) is 13.2 Å². The Morgan fingerprint density at radius 3 is 2.32 bits per heavy atom. The van der Waals surface area contributed by atoms with Crippen molar-refractivity contribution in [3.05, 3.63) is 89.5 Å². The lowest BCUT2D eigenvalue weighted by Crippen LogP contribution is -2.50. The minimum Gasteiger partial charge on any atom is -0.476 e. The number of halogens is 3. The standard InChI is InChI=1S/C27H27F3N2O4S/c1-26(2,3)19-12-13-23-22(15-19)32(37(34,35)21-10-5-4-6-11-21)17-24(36-23)25(33)31-16-18-8-7-9-20(14-18)27(28,29)30/h4-15,24H,16-17H2,1-3H3,(H,31,33). The summed E-state index contributed by atoms with van der Waals surface area (Å²) < 4.78 is 73.4. The van der Waals surface area contributed by atoms with E-state index in [4.69, 9.17) is 4.74 Å². The van der Waals surface area contributed by atoms with Crippen LogP contribution in [-0.4, -0.2) is 27.0 Å². The summed E-state index contributed by atoms with van der Waals surface area (Å²) in [6.07, 6.45) is -5.72. The van der Waals surface area contributed by atoms with Gasteiger partial charge in [-0.15, -0.1) is 0 Å². The van der Waals surface area contributed by atoms with Gasteiger partial charge in [0.15, 0.2) is 6.10 Å². The van der Waals surface area contributed by atoms with Crippen molar-refractivity contribution in [2.45, 2.75) is 49.9 Å². The van der Waals surface area contributed by atoms with E-state index >= 15 is 0 Å². The number of rotatable bonds is 5. The molecule has 196 valence electrons. The summed E-state index contributed by atoms with van der Waals surface area (Å²) in [6, 6.07) is 17.7. The van der Waals surface area contributed by atoms with Crippen molar-refractivity contribution >= 4 is 21.6 Å². The molecule has 0 aromatic heterocycles. The lowest BCUT2D eigenvalue weighted by Gasteiger charge is -2.36. The van der Waals surface area contributed by atoms with E-state index in [9.17, 15) is 26.4 Å². The highest BCUT2D eigenvalue weighted by molar-refractivity contribution is 7.92. The van der Waals surface area contributed by atoms with E-state index in [-0.39, 0.29) is 34.7 Å². The van der Waals surface area contributed by atoms with Crippen LogP contribution in [0.5, 0.6) is 5.75 Å². The molecule has 0 bridgehead atoms. The summed E-state index contributed by atoms with van der Waals surface area (Å²) in [5, 5.41) is 2.57. The van der Waals surface area contributed by atoms with E-state index in [0.29, 0.717) is 5.69 Å². The fraction of sp³-hybridized carbons (Fsp3) is 0.296. The van der Waals surface area contributed by atoms with Crippen LogP contribution in [0.15, 0.2) is 77.7 Å². The topological polar surface area (TPSA) is 75.7 Å². The number of hydrogen-bond acceptors (Lipinski definition) is 4. The number of fused-ring (bicyclic) bond motifs is 1. The lowest BCUT2D eigenvalue weighted by molar-refractivity contribution is -0.137. The van der Waals surface area contributed by atoms with Crippen molar-refractivity contribution in [1.82, 2.24) is 5.32 Å². The van der Waals surface area contributed by atoms with Crippen molar-refractivity contribution in [3.8, 4) is 5.75 Å². The molecular weight excluding hydrogens is 505 g/mol. The fourth-order valence-electron chi connectivity index (χ4n) is 3.96. The predicted molar refractivity (Wildman–Crippen MR) is 134 cm³/mol. The second-order valence-electron chi connectivity index (χ2n) is 9.80. The van der Waals surface area contributed by atoms with E-state index in [1.165, 1.54) is 24.3 Å². The molecule has 1 N–H and O–H groups in total. The molecule has 1 atom stereocenters. The zero-order chi connectivity index (χ0) is 27.0. The van der Waals surface area contributed by atoms with Crippen LogP contribution in [0.4, 0.5) is 18.9 Å². The second-order valence-corrected chi connectivity index (χ2v) is 11.7. The van der Waals surface area contributed by atoms with Gasteiger partial charge in [0, 0.05) is 6.54 Å². The van der Waals surface area contributed by atoms with Gasteiger partial charge in [-0.3, -0.25) is 9.10 Å². The van der Waals surface area contributed by atoms with Gasteiger partial charge in [0.25, 0.3) is 15.9 Å². The Labute approximate surface area is 214 Å². The van der Waals surface area contributed by atoms with Crippen molar-refractivity contribution < 1.29 is 31.1 Å². The number of carbonyl (C=O) groups is 1. The first-order chi connectivity index (χ1) is 17.3. The van der Waals surface area contributed by atoms with Crippen LogP contribution in [-0.2, 0) is 33.0 Å². The first-order valence-corrected chi connectivity index (χ1v) is 13.0. The summed E-state index contributed by atoms with van der Waals surface area (Å²) in [5.74, 6) is -0.422. The molecule has 1 aliphatic rings. The van der Waals surface area contributed by atoms with Gasteiger partial charge >= 0.3 is 6.18 Å². The summed E-state index contributed by atoms with van der Waals surface area (Å²) in [4.78, 5) is 13.1. The van der Waals surface area contributed by atoms with Gasteiger partial charge in [0.2, 0.25) is 0 Å². The number of amides is 1. The maximum absolute atomic E-state index is 13.6. The highest BCUT2D eigenvalue weighted by atomic mass is 32.2. The minimum atomic E-state index is -4.51. The van der Waals surface area contributed by atoms with Gasteiger partial charge in [-0.1, -0.05) is 57.2 Å². The molecule has 10 heteroatoms. The van der Waals surface area contributed by atoms with Gasteiger partial charge in [0.1, 0.15) is 5.75 Å². The number of alkyl halides is 3. The Kier molecular flexibility index (Phi) is 6.98. The maximum Gasteiger partial charge on any atom is 0.416 e. The van der Waals surface area contributed by atoms with Gasteiger partial charge in [0.05, 0.1) is 22.7 Å². The Hall–Kier alpha value is -3.53. The highest BCUT2D eigenvalue weighted by Gasteiger charge is 2.38. The molecule has 1 unspecified atom stereocenters. The third kappa shape index (κ3) is 5.74. The smallest absolute Gasteiger partial charge is 0.416 e. The van der Waals surface area contributed by atoms with E-state index in [0.717, 1.165) is 22.0 Å². The second kappa shape index (κ2) is 9.74. The van der Waals surface area contributed by atoms with Crippen LogP contribution in [0.1, 0.15) is 37.5 Å². The molecule has 3 aromatic rings. The maximum atomic E-state index is 13.6. The third-order valence-corrected chi connectivity index (χ3v) is 7.83. The summed E-state index contributed by atoms with van der Waals surface area (Å²) in [5.41, 5.74) is 0.365. The lowest BCUT2D eigenvalue weighted by atomic mass is 9.86. The Morgan fingerprint density at radius 2 is 1.68 bits per heavy atom. The SMILES string of the molecule is CC(C)(C)c1ccc2c(c1)N(S(=O)(=O)c1ccccc1)CC(C(=O)NCc1cccc(C(F)(F)F)c1)O2. The van der Waals surface area contributed by atoms with Crippen LogP contribution in [0.2, 0.25) is 0 Å². The molecule has 1 heterocycles. The number of sulfonamides is 1. The van der Waals surface area contributed by atoms with E-state index in [2.05, 4.69) is 5.32 Å². The highest BCUT2D eigenvalue weighted by Crippen LogP contribution is 2.40. The molecule has 4 rings (SSSR count). The summed E-state index contributed by atoms with van der Waals surface area (Å²) >= 11 is 0.